The number of hydrogen-bond donors (Lipinski definition) is 1. The van der Waals surface area contributed by atoms with Crippen LogP contribution in [0.5, 0.6) is 0 Å². The lowest BCUT2D eigenvalue weighted by Crippen LogP contribution is -2.50. The molecule has 1 unspecified atom stereocenters. The zero-order chi connectivity index (χ0) is 18.4. The van der Waals surface area contributed by atoms with E-state index in [1.165, 1.54) is 10.5 Å². The molecule has 0 aliphatic carbocycles. The molecule has 4 rings (SSSR count). The fourth-order valence-corrected chi connectivity index (χ4v) is 4.03. The minimum absolute atomic E-state index is 0.0456. The monoisotopic (exact) mass is 366 g/mol. The van der Waals surface area contributed by atoms with Crippen LogP contribution >= 0.6 is 0 Å². The van der Waals surface area contributed by atoms with E-state index in [0.29, 0.717) is 24.9 Å². The Labute approximate surface area is 149 Å². The van der Waals surface area contributed by atoms with Gasteiger partial charge in [0.05, 0.1) is 0 Å². The van der Waals surface area contributed by atoms with Gasteiger partial charge in [-0.25, -0.2) is 0 Å². The molecular weight excluding hydrogens is 345 g/mol. The first-order valence-electron chi connectivity index (χ1n) is 9.03. The van der Waals surface area contributed by atoms with E-state index in [-0.39, 0.29) is 12.5 Å². The third kappa shape index (κ3) is 3.00. The number of hydrogen-bond acceptors (Lipinski definition) is 4. The number of rotatable bonds is 2. The van der Waals surface area contributed by atoms with Crippen molar-refractivity contribution in [3.05, 3.63) is 34.9 Å². The summed E-state index contributed by atoms with van der Waals surface area (Å²) in [6.45, 7) is 2.25. The minimum Gasteiger partial charge on any atom is -0.338 e. The first-order chi connectivity index (χ1) is 12.4. The fraction of sp³-hybridized carbons (Fsp3) is 0.611. The van der Waals surface area contributed by atoms with E-state index in [2.05, 4.69) is 15.5 Å². The molecule has 0 bridgehead atoms. The van der Waals surface area contributed by atoms with Gasteiger partial charge >= 0.3 is 6.18 Å². The van der Waals surface area contributed by atoms with Crippen LogP contribution in [0.4, 0.5) is 13.2 Å². The summed E-state index contributed by atoms with van der Waals surface area (Å²) >= 11 is 0. The van der Waals surface area contributed by atoms with Crippen LogP contribution in [0.1, 0.15) is 40.7 Å². The van der Waals surface area contributed by atoms with E-state index in [1.807, 2.05) is 12.1 Å². The van der Waals surface area contributed by atoms with Crippen molar-refractivity contribution in [2.75, 3.05) is 19.6 Å². The van der Waals surface area contributed by atoms with E-state index in [1.54, 1.807) is 6.07 Å². The highest BCUT2D eigenvalue weighted by molar-refractivity contribution is 5.94. The number of amides is 1. The van der Waals surface area contributed by atoms with Crippen molar-refractivity contribution in [1.82, 2.24) is 10.2 Å². The first-order valence-corrected chi connectivity index (χ1v) is 9.03. The van der Waals surface area contributed by atoms with E-state index >= 15 is 0 Å². The van der Waals surface area contributed by atoms with Crippen LogP contribution in [-0.4, -0.2) is 42.3 Å². The lowest BCUT2D eigenvalue weighted by molar-refractivity contribution is -0.180. The summed E-state index contributed by atoms with van der Waals surface area (Å²) in [6, 6.07) is 5.63. The highest BCUT2D eigenvalue weighted by atomic mass is 19.4. The molecule has 5 nitrogen and oxygen atoms in total. The third-order valence-corrected chi connectivity index (χ3v) is 5.58. The highest BCUT2D eigenvalue weighted by Crippen LogP contribution is 2.51. The topological polar surface area (TPSA) is 57.1 Å². The van der Waals surface area contributed by atoms with Gasteiger partial charge in [0.2, 0.25) is 0 Å². The van der Waals surface area contributed by atoms with Gasteiger partial charge in [0.15, 0.2) is 0 Å². The number of fused-ring (bicyclic) bond motifs is 1. The van der Waals surface area contributed by atoms with Gasteiger partial charge in [-0.15, -0.1) is 10.2 Å². The Bertz CT molecular complexity index is 740. The largest absolute Gasteiger partial charge is 0.438 e. The maximum Gasteiger partial charge on any atom is 0.438 e. The Morgan fingerprint density at radius 1 is 1.23 bits per heavy atom. The van der Waals surface area contributed by atoms with Gasteiger partial charge in [-0.2, -0.15) is 13.2 Å². The summed E-state index contributed by atoms with van der Waals surface area (Å²) in [4.78, 5) is 14.4. The molecule has 0 saturated carbocycles. The molecule has 3 aliphatic heterocycles. The van der Waals surface area contributed by atoms with Crippen LogP contribution in [0.3, 0.4) is 0 Å². The normalized spacial score (nSPS) is 24.7. The van der Waals surface area contributed by atoms with Gasteiger partial charge in [-0.3, -0.25) is 4.79 Å². The second kappa shape index (κ2) is 6.33. The lowest BCUT2D eigenvalue weighted by atomic mass is 9.87. The lowest BCUT2D eigenvalue weighted by Gasteiger charge is -2.35. The minimum atomic E-state index is -4.49. The quantitative estimate of drug-likeness (QED) is 0.873. The predicted molar refractivity (Wildman–Crippen MR) is 88.7 cm³/mol. The summed E-state index contributed by atoms with van der Waals surface area (Å²) < 4.78 is 39.8. The van der Waals surface area contributed by atoms with Crippen molar-refractivity contribution >= 4 is 5.91 Å². The molecule has 3 heterocycles. The smallest absolute Gasteiger partial charge is 0.338 e. The molecule has 1 aromatic carbocycles. The van der Waals surface area contributed by atoms with Crippen molar-refractivity contribution in [2.45, 2.75) is 44.1 Å². The molecule has 1 aromatic rings. The van der Waals surface area contributed by atoms with Crippen molar-refractivity contribution < 1.29 is 18.0 Å². The standard InChI is InChI=1S/C18H21F3N4O/c19-18(20,21)17(23-24-17)15-4-2-8-25(11-15)16(26)13-5-6-14-10-22-7-1-3-12(14)9-13/h5-6,9,15,22H,1-4,7-8,10-11H2. The predicted octanol–water partition coefficient (Wildman–Crippen LogP) is 3.30. The number of nitrogens with one attached hydrogen (secondary N) is 1. The average molecular weight is 366 g/mol. The Kier molecular flexibility index (Phi) is 4.25. The molecule has 8 heteroatoms. The van der Waals surface area contributed by atoms with Gasteiger partial charge in [-0.05, 0) is 55.5 Å². The number of nitrogens with zero attached hydrogens (tertiary/aromatic N) is 3. The van der Waals surface area contributed by atoms with E-state index in [9.17, 15) is 18.0 Å². The Balaban J connectivity index is 1.51. The highest BCUT2D eigenvalue weighted by Gasteiger charge is 2.68. The first kappa shape index (κ1) is 17.5. The number of alkyl halides is 3. The number of aryl methyl sites for hydroxylation is 1. The molecule has 1 amide bonds. The Morgan fingerprint density at radius 2 is 2.04 bits per heavy atom. The van der Waals surface area contributed by atoms with Gasteiger partial charge in [0.25, 0.3) is 11.6 Å². The van der Waals surface area contributed by atoms with Crippen molar-refractivity contribution in [1.29, 1.82) is 0 Å². The van der Waals surface area contributed by atoms with E-state index < -0.39 is 17.8 Å². The molecule has 0 spiro atoms. The molecule has 1 fully saturated rings. The average Bonchev–Trinajstić information content (AvgIpc) is 3.45. The zero-order valence-corrected chi connectivity index (χ0v) is 14.4. The Morgan fingerprint density at radius 3 is 2.77 bits per heavy atom. The van der Waals surface area contributed by atoms with Crippen LogP contribution < -0.4 is 5.32 Å². The number of likely N-dealkylation sites (tertiary alicyclic amines) is 1. The summed E-state index contributed by atoms with van der Waals surface area (Å²) in [6.07, 6.45) is -1.66. The zero-order valence-electron chi connectivity index (χ0n) is 14.4. The molecule has 0 radical (unpaired) electrons. The summed E-state index contributed by atoms with van der Waals surface area (Å²) in [7, 11) is 0. The second-order valence-corrected chi connectivity index (χ2v) is 7.28. The molecule has 3 aliphatic rings. The third-order valence-electron chi connectivity index (χ3n) is 5.58. The van der Waals surface area contributed by atoms with Crippen LogP contribution in [0, 0.1) is 5.92 Å². The number of piperidine rings is 1. The number of halogens is 3. The van der Waals surface area contributed by atoms with Crippen molar-refractivity contribution in [3.63, 3.8) is 0 Å². The van der Waals surface area contributed by atoms with E-state index in [4.69, 9.17) is 0 Å². The molecule has 1 saturated heterocycles. The van der Waals surface area contributed by atoms with Gasteiger partial charge in [-0.1, -0.05) is 6.07 Å². The van der Waals surface area contributed by atoms with Gasteiger partial charge < -0.3 is 10.2 Å². The maximum absolute atomic E-state index is 13.3. The van der Waals surface area contributed by atoms with Gasteiger partial charge in [0.1, 0.15) is 0 Å². The molecule has 1 atom stereocenters. The number of carbonyl (C=O) groups excluding carboxylic acids is 1. The maximum atomic E-state index is 13.3. The molecule has 26 heavy (non-hydrogen) atoms. The fourth-order valence-electron chi connectivity index (χ4n) is 4.03. The van der Waals surface area contributed by atoms with Crippen LogP contribution in [0.15, 0.2) is 28.4 Å². The molecule has 0 aromatic heterocycles. The Hall–Kier alpha value is -1.96. The van der Waals surface area contributed by atoms with E-state index in [0.717, 1.165) is 31.5 Å². The molecular formula is C18H21F3N4O. The molecule has 1 N–H and O–H groups in total. The summed E-state index contributed by atoms with van der Waals surface area (Å²) in [5.74, 6) is -0.988. The number of benzene rings is 1. The van der Waals surface area contributed by atoms with Crippen LogP contribution in [0.25, 0.3) is 0 Å². The van der Waals surface area contributed by atoms with Crippen molar-refractivity contribution in [2.24, 2.45) is 16.1 Å². The number of carbonyl (C=O) groups is 1. The van der Waals surface area contributed by atoms with Crippen LogP contribution in [0.2, 0.25) is 0 Å². The van der Waals surface area contributed by atoms with Gasteiger partial charge in [0, 0.05) is 31.1 Å². The van der Waals surface area contributed by atoms with Crippen LogP contribution in [-0.2, 0) is 13.0 Å². The SMILES string of the molecule is O=C(c1ccc2c(c1)CCCNC2)N1CCCC(C2(C(F)(F)F)N=N2)C1. The second-order valence-electron chi connectivity index (χ2n) is 7.28. The summed E-state index contributed by atoms with van der Waals surface area (Å²) in [5, 5.41) is 9.97. The summed E-state index contributed by atoms with van der Waals surface area (Å²) in [5.41, 5.74) is 0.596. The van der Waals surface area contributed by atoms with Crippen molar-refractivity contribution in [3.8, 4) is 0 Å². The molecule has 140 valence electrons.